The Morgan fingerprint density at radius 2 is 1.47 bits per heavy atom. The number of halogens is 5. The molecule has 0 aliphatic carbocycles. The first kappa shape index (κ1) is 24.2. The van der Waals surface area contributed by atoms with Crippen LogP contribution in [0.4, 0.5) is 22.0 Å². The highest BCUT2D eigenvalue weighted by atomic mass is 19.4. The van der Waals surface area contributed by atoms with Crippen molar-refractivity contribution in [2.75, 3.05) is 13.2 Å². The van der Waals surface area contributed by atoms with Gasteiger partial charge < -0.3 is 14.2 Å². The summed E-state index contributed by atoms with van der Waals surface area (Å²) in [6.07, 6.45) is -5.38. The molecular formula is C26H23F5O3. The van der Waals surface area contributed by atoms with Gasteiger partial charge in [0.15, 0.2) is 17.9 Å². The Hall–Kier alpha value is -2.97. The van der Waals surface area contributed by atoms with Gasteiger partial charge in [0.05, 0.1) is 13.2 Å². The number of ether oxygens (including phenoxy) is 3. The van der Waals surface area contributed by atoms with E-state index in [-0.39, 0.29) is 23.1 Å². The second kappa shape index (κ2) is 9.72. The van der Waals surface area contributed by atoms with Crippen LogP contribution in [0.1, 0.15) is 31.3 Å². The molecule has 0 N–H and O–H groups in total. The third-order valence-corrected chi connectivity index (χ3v) is 5.58. The molecule has 34 heavy (non-hydrogen) atoms. The van der Waals surface area contributed by atoms with Gasteiger partial charge in [-0.3, -0.25) is 0 Å². The summed E-state index contributed by atoms with van der Waals surface area (Å²) in [5.41, 5.74) is 2.41. The van der Waals surface area contributed by atoms with Crippen LogP contribution in [0.15, 0.2) is 54.6 Å². The Balaban J connectivity index is 1.58. The maximum Gasteiger partial charge on any atom is 0.573 e. The summed E-state index contributed by atoms with van der Waals surface area (Å²) in [6.45, 7) is 4.83. The van der Waals surface area contributed by atoms with E-state index < -0.39 is 30.0 Å². The summed E-state index contributed by atoms with van der Waals surface area (Å²) in [4.78, 5) is 0. The molecule has 0 radical (unpaired) electrons. The highest BCUT2D eigenvalue weighted by Crippen LogP contribution is 2.36. The van der Waals surface area contributed by atoms with E-state index in [0.717, 1.165) is 17.2 Å². The van der Waals surface area contributed by atoms with Crippen molar-refractivity contribution in [1.29, 1.82) is 0 Å². The van der Waals surface area contributed by atoms with Crippen molar-refractivity contribution in [2.24, 2.45) is 5.92 Å². The van der Waals surface area contributed by atoms with Gasteiger partial charge in [0.25, 0.3) is 0 Å². The van der Waals surface area contributed by atoms with Gasteiger partial charge in [0.2, 0.25) is 0 Å². The first-order chi connectivity index (χ1) is 16.1. The average molecular weight is 478 g/mol. The average Bonchev–Trinajstić information content (AvgIpc) is 2.80. The van der Waals surface area contributed by atoms with E-state index in [2.05, 4.69) is 4.74 Å². The molecular weight excluding hydrogens is 455 g/mol. The topological polar surface area (TPSA) is 27.7 Å². The monoisotopic (exact) mass is 478 g/mol. The van der Waals surface area contributed by atoms with Crippen molar-refractivity contribution >= 4 is 0 Å². The molecule has 0 spiro atoms. The van der Waals surface area contributed by atoms with E-state index in [1.165, 1.54) is 18.2 Å². The highest BCUT2D eigenvalue weighted by molar-refractivity contribution is 5.72. The van der Waals surface area contributed by atoms with Gasteiger partial charge in [-0.2, -0.15) is 0 Å². The number of hydrogen-bond acceptors (Lipinski definition) is 3. The van der Waals surface area contributed by atoms with E-state index in [4.69, 9.17) is 9.47 Å². The lowest BCUT2D eigenvalue weighted by molar-refractivity contribution is -0.275. The lowest BCUT2D eigenvalue weighted by atomic mass is 9.97. The number of benzene rings is 3. The Bertz CT molecular complexity index is 1150. The van der Waals surface area contributed by atoms with Crippen molar-refractivity contribution in [3.05, 3.63) is 77.4 Å². The molecule has 1 fully saturated rings. The van der Waals surface area contributed by atoms with Gasteiger partial charge in [0, 0.05) is 17.0 Å². The third-order valence-electron chi connectivity index (χ3n) is 5.58. The van der Waals surface area contributed by atoms with Crippen LogP contribution in [-0.4, -0.2) is 19.6 Å². The normalized spacial score (nSPS) is 18.7. The van der Waals surface area contributed by atoms with Crippen LogP contribution < -0.4 is 4.74 Å². The van der Waals surface area contributed by atoms with Gasteiger partial charge in [-0.15, -0.1) is 13.2 Å². The quantitative estimate of drug-likeness (QED) is 0.357. The second-order valence-corrected chi connectivity index (χ2v) is 8.27. The maximum absolute atomic E-state index is 15.0. The van der Waals surface area contributed by atoms with Gasteiger partial charge in [-0.1, -0.05) is 50.2 Å². The summed E-state index contributed by atoms with van der Waals surface area (Å²) in [5.74, 6) is -2.38. The zero-order valence-corrected chi connectivity index (χ0v) is 18.6. The van der Waals surface area contributed by atoms with Crippen molar-refractivity contribution in [3.8, 4) is 28.0 Å². The van der Waals surface area contributed by atoms with Crippen LogP contribution in [0.2, 0.25) is 0 Å². The summed E-state index contributed by atoms with van der Waals surface area (Å²) < 4.78 is 82.5. The van der Waals surface area contributed by atoms with Crippen molar-refractivity contribution in [1.82, 2.24) is 0 Å². The van der Waals surface area contributed by atoms with Crippen LogP contribution in [0.3, 0.4) is 0 Å². The summed E-state index contributed by atoms with van der Waals surface area (Å²) in [6, 6.07) is 14.0. The summed E-state index contributed by atoms with van der Waals surface area (Å²) in [7, 11) is 0. The van der Waals surface area contributed by atoms with Crippen molar-refractivity contribution < 1.29 is 36.2 Å². The Kier molecular flexibility index (Phi) is 6.91. The molecule has 0 amide bonds. The minimum Gasteiger partial charge on any atom is -0.402 e. The largest absolute Gasteiger partial charge is 0.573 e. The van der Waals surface area contributed by atoms with E-state index in [0.29, 0.717) is 24.7 Å². The molecule has 3 aromatic rings. The van der Waals surface area contributed by atoms with Crippen molar-refractivity contribution in [3.63, 3.8) is 0 Å². The predicted octanol–water partition coefficient (Wildman–Crippen LogP) is 7.44. The van der Waals surface area contributed by atoms with Crippen LogP contribution in [0.25, 0.3) is 22.3 Å². The molecule has 0 atom stereocenters. The van der Waals surface area contributed by atoms with Crippen LogP contribution >= 0.6 is 0 Å². The maximum atomic E-state index is 15.0. The summed E-state index contributed by atoms with van der Waals surface area (Å²) in [5, 5.41) is 0. The van der Waals surface area contributed by atoms with Crippen molar-refractivity contribution in [2.45, 2.75) is 32.9 Å². The fourth-order valence-electron chi connectivity index (χ4n) is 3.85. The number of hydrogen-bond donors (Lipinski definition) is 0. The fourth-order valence-corrected chi connectivity index (χ4v) is 3.85. The molecule has 0 bridgehead atoms. The zero-order chi connectivity index (χ0) is 24.5. The van der Waals surface area contributed by atoms with E-state index in [1.807, 2.05) is 31.2 Å². The molecule has 1 saturated heterocycles. The molecule has 0 saturated carbocycles. The van der Waals surface area contributed by atoms with Gasteiger partial charge >= 0.3 is 6.36 Å². The molecule has 1 aliphatic rings. The predicted molar refractivity (Wildman–Crippen MR) is 117 cm³/mol. The van der Waals surface area contributed by atoms with Gasteiger partial charge in [-0.05, 0) is 46.9 Å². The molecule has 180 valence electrons. The Labute approximate surface area is 194 Å². The molecule has 0 unspecified atom stereocenters. The molecule has 8 heteroatoms. The smallest absolute Gasteiger partial charge is 0.402 e. The lowest BCUT2D eigenvalue weighted by Crippen LogP contribution is -2.24. The number of alkyl halides is 3. The minimum atomic E-state index is -5.03. The molecule has 3 nitrogen and oxygen atoms in total. The minimum absolute atomic E-state index is 0.00654. The first-order valence-electron chi connectivity index (χ1n) is 10.9. The first-order valence-corrected chi connectivity index (χ1v) is 10.9. The molecule has 3 aromatic carbocycles. The fraction of sp³-hybridized carbons (Fsp3) is 0.308. The standard InChI is InChI=1S/C26H23F5O3/c1-3-16-10-20(12-23(28)24(16)34-26(29,30)31)21-9-8-19(11-22(21)27)17-4-6-18(7-5-17)25-32-13-15(2)14-33-25/h4-12,15,25H,3,13-14H2,1-2H3. The van der Waals surface area contributed by atoms with Crippen LogP contribution in [-0.2, 0) is 15.9 Å². The van der Waals surface area contributed by atoms with Crippen LogP contribution in [0, 0.1) is 17.6 Å². The lowest BCUT2D eigenvalue weighted by Gasteiger charge is -2.27. The zero-order valence-electron chi connectivity index (χ0n) is 18.6. The number of rotatable bonds is 5. The van der Waals surface area contributed by atoms with Gasteiger partial charge in [0.1, 0.15) is 5.82 Å². The van der Waals surface area contributed by atoms with E-state index in [9.17, 15) is 22.0 Å². The molecule has 4 rings (SSSR count). The van der Waals surface area contributed by atoms with E-state index >= 15 is 0 Å². The molecule has 1 aliphatic heterocycles. The SMILES string of the molecule is CCc1cc(-c2ccc(-c3ccc(C4OCC(C)CO4)cc3)cc2F)cc(F)c1OC(F)(F)F. The van der Waals surface area contributed by atoms with E-state index in [1.54, 1.807) is 13.0 Å². The third kappa shape index (κ3) is 5.39. The second-order valence-electron chi connectivity index (χ2n) is 8.27. The Morgan fingerprint density at radius 3 is 2.06 bits per heavy atom. The molecule has 0 aromatic heterocycles. The van der Waals surface area contributed by atoms with Crippen LogP contribution in [0.5, 0.6) is 5.75 Å². The number of aryl methyl sites for hydroxylation is 1. The Morgan fingerprint density at radius 1 is 0.853 bits per heavy atom. The summed E-state index contributed by atoms with van der Waals surface area (Å²) >= 11 is 0. The van der Waals surface area contributed by atoms with Gasteiger partial charge in [-0.25, -0.2) is 8.78 Å². The molecule has 1 heterocycles. The highest BCUT2D eigenvalue weighted by Gasteiger charge is 2.33.